The third kappa shape index (κ3) is 5.08. The van der Waals surface area contributed by atoms with E-state index < -0.39 is 29.3 Å². The molecule has 7 heteroatoms. The van der Waals surface area contributed by atoms with Crippen LogP contribution in [-0.4, -0.2) is 35.5 Å². The summed E-state index contributed by atoms with van der Waals surface area (Å²) < 4.78 is 18.3. The van der Waals surface area contributed by atoms with Gasteiger partial charge in [0.2, 0.25) is 0 Å². The smallest absolute Gasteiger partial charge is 0.331 e. The maximum atomic E-state index is 13.1. The average Bonchev–Trinajstić information content (AvgIpc) is 2.68. The average molecular weight is 393 g/mol. The lowest BCUT2D eigenvalue weighted by atomic mass is 9.81. The van der Waals surface area contributed by atoms with Crippen LogP contribution in [0.3, 0.4) is 0 Å². The molecule has 1 fully saturated rings. The molecular formula is C20H22ClFN2O3. The molecule has 144 valence electrons. The zero-order chi connectivity index (χ0) is 20.0. The molecule has 5 nitrogen and oxygen atoms in total. The maximum absolute atomic E-state index is 13.1. The summed E-state index contributed by atoms with van der Waals surface area (Å²) in [6.45, 7) is 1.48. The summed E-state index contributed by atoms with van der Waals surface area (Å²) in [5.41, 5.74) is -0.309. The number of ether oxygens (including phenoxy) is 1. The van der Waals surface area contributed by atoms with Gasteiger partial charge in [0, 0.05) is 13.1 Å². The minimum Gasteiger partial charge on any atom is -0.449 e. The summed E-state index contributed by atoms with van der Waals surface area (Å²) in [4.78, 5) is 26.0. The van der Waals surface area contributed by atoms with Gasteiger partial charge in [0.05, 0.1) is 11.1 Å². The van der Waals surface area contributed by atoms with Gasteiger partial charge in [0.25, 0.3) is 5.91 Å². The Morgan fingerprint density at radius 1 is 1.37 bits per heavy atom. The number of nitrogens with zero attached hydrogens (tertiary/aromatic N) is 2. The van der Waals surface area contributed by atoms with Crippen LogP contribution in [0.15, 0.2) is 24.3 Å². The molecule has 0 heterocycles. The number of carbonyl (C=O) groups excluding carboxylic acids is 2. The molecule has 1 aromatic rings. The van der Waals surface area contributed by atoms with Crippen molar-refractivity contribution in [1.82, 2.24) is 4.90 Å². The quantitative estimate of drug-likeness (QED) is 0.558. The summed E-state index contributed by atoms with van der Waals surface area (Å²) in [6.07, 6.45) is 5.63. The summed E-state index contributed by atoms with van der Waals surface area (Å²) in [5.74, 6) is -1.67. The SMILES string of the molecule is C[C@H](OC(=O)/C=C/c1ccc(F)c(Cl)c1)C(=O)N(C)C1(C#N)CCCCC1. The Morgan fingerprint density at radius 2 is 2.04 bits per heavy atom. The van der Waals surface area contributed by atoms with Crippen LogP contribution in [0.2, 0.25) is 5.02 Å². The van der Waals surface area contributed by atoms with E-state index in [9.17, 15) is 19.2 Å². The second-order valence-corrected chi connectivity index (χ2v) is 7.09. The van der Waals surface area contributed by atoms with Crippen molar-refractivity contribution in [2.75, 3.05) is 7.05 Å². The molecule has 0 bridgehead atoms. The molecule has 1 amide bonds. The molecule has 0 radical (unpaired) electrons. The van der Waals surface area contributed by atoms with Gasteiger partial charge in [0.1, 0.15) is 11.4 Å². The first kappa shape index (κ1) is 20.9. The Morgan fingerprint density at radius 3 is 2.63 bits per heavy atom. The highest BCUT2D eigenvalue weighted by atomic mass is 35.5. The van der Waals surface area contributed by atoms with Crippen LogP contribution < -0.4 is 0 Å². The van der Waals surface area contributed by atoms with Crippen LogP contribution in [0.5, 0.6) is 0 Å². The number of nitriles is 1. The highest BCUT2D eigenvalue weighted by Crippen LogP contribution is 2.32. The Balaban J connectivity index is 1.98. The monoisotopic (exact) mass is 392 g/mol. The molecule has 2 rings (SSSR count). The van der Waals surface area contributed by atoms with E-state index in [0.717, 1.165) is 25.3 Å². The summed E-state index contributed by atoms with van der Waals surface area (Å²) in [6, 6.07) is 6.31. The Kier molecular flexibility index (Phi) is 6.98. The highest BCUT2D eigenvalue weighted by molar-refractivity contribution is 6.30. The first-order chi connectivity index (χ1) is 12.8. The molecular weight excluding hydrogens is 371 g/mol. The molecule has 27 heavy (non-hydrogen) atoms. The molecule has 1 aliphatic carbocycles. The number of esters is 1. The third-order valence-electron chi connectivity index (χ3n) is 4.86. The van der Waals surface area contributed by atoms with Gasteiger partial charge >= 0.3 is 5.97 Å². The number of likely N-dealkylation sites (N-methyl/N-ethyl adjacent to an activating group) is 1. The number of rotatable bonds is 5. The van der Waals surface area contributed by atoms with Crippen LogP contribution in [0.25, 0.3) is 6.08 Å². The van der Waals surface area contributed by atoms with Crippen molar-refractivity contribution in [2.45, 2.75) is 50.7 Å². The third-order valence-corrected chi connectivity index (χ3v) is 5.15. The largest absolute Gasteiger partial charge is 0.449 e. The van der Waals surface area contributed by atoms with Gasteiger partial charge in [-0.15, -0.1) is 0 Å². The van der Waals surface area contributed by atoms with E-state index in [4.69, 9.17) is 16.3 Å². The highest BCUT2D eigenvalue weighted by Gasteiger charge is 2.40. The van der Waals surface area contributed by atoms with Crippen LogP contribution in [0.1, 0.15) is 44.6 Å². The van der Waals surface area contributed by atoms with E-state index in [1.807, 2.05) is 0 Å². The lowest BCUT2D eigenvalue weighted by Crippen LogP contribution is -2.53. The molecule has 0 aromatic heterocycles. The number of hydrogen-bond acceptors (Lipinski definition) is 4. The van der Waals surface area contributed by atoms with E-state index in [2.05, 4.69) is 6.07 Å². The molecule has 0 unspecified atom stereocenters. The fraction of sp³-hybridized carbons (Fsp3) is 0.450. The predicted octanol–water partition coefficient (Wildman–Crippen LogP) is 4.11. The topological polar surface area (TPSA) is 70.4 Å². The van der Waals surface area contributed by atoms with Gasteiger partial charge in [0.15, 0.2) is 6.10 Å². The van der Waals surface area contributed by atoms with Crippen LogP contribution in [-0.2, 0) is 14.3 Å². The first-order valence-corrected chi connectivity index (χ1v) is 9.19. The van der Waals surface area contributed by atoms with Crippen molar-refractivity contribution in [1.29, 1.82) is 5.26 Å². The zero-order valence-corrected chi connectivity index (χ0v) is 16.1. The van der Waals surface area contributed by atoms with Crippen molar-refractivity contribution >= 4 is 29.6 Å². The Labute approximate surface area is 163 Å². The van der Waals surface area contributed by atoms with E-state index >= 15 is 0 Å². The van der Waals surface area contributed by atoms with Gasteiger partial charge in [-0.3, -0.25) is 4.79 Å². The summed E-state index contributed by atoms with van der Waals surface area (Å²) >= 11 is 5.69. The first-order valence-electron chi connectivity index (χ1n) is 8.82. The van der Waals surface area contributed by atoms with Crippen LogP contribution >= 0.6 is 11.6 Å². The van der Waals surface area contributed by atoms with Gasteiger partial charge in [-0.1, -0.05) is 36.9 Å². The Bertz CT molecular complexity index is 782. The van der Waals surface area contributed by atoms with Crippen molar-refractivity contribution in [2.24, 2.45) is 0 Å². The minimum atomic E-state index is -1.02. The van der Waals surface area contributed by atoms with Gasteiger partial charge < -0.3 is 9.64 Å². The fourth-order valence-electron chi connectivity index (χ4n) is 3.19. The standard InChI is InChI=1S/C20H22ClFN2O3/c1-14(19(26)24(2)20(13-23)10-4-3-5-11-20)27-18(25)9-7-15-6-8-17(22)16(21)12-15/h6-9,12,14H,3-5,10-11H2,1-2H3/b9-7+/t14-/m0/s1. The van der Waals surface area contributed by atoms with Crippen molar-refractivity contribution in [3.8, 4) is 6.07 Å². The molecule has 0 aliphatic heterocycles. The number of hydrogen-bond donors (Lipinski definition) is 0. The molecule has 1 atom stereocenters. The molecule has 1 aliphatic rings. The van der Waals surface area contributed by atoms with E-state index in [0.29, 0.717) is 18.4 Å². The fourth-order valence-corrected chi connectivity index (χ4v) is 3.38. The molecule has 1 saturated carbocycles. The number of carbonyl (C=O) groups is 2. The second-order valence-electron chi connectivity index (χ2n) is 6.69. The van der Waals surface area contributed by atoms with E-state index in [1.54, 1.807) is 7.05 Å². The molecule has 0 spiro atoms. The zero-order valence-electron chi connectivity index (χ0n) is 15.4. The van der Waals surface area contributed by atoms with Crippen molar-refractivity contribution in [3.05, 3.63) is 40.7 Å². The number of amides is 1. The maximum Gasteiger partial charge on any atom is 0.331 e. The number of benzene rings is 1. The van der Waals surface area contributed by atoms with Gasteiger partial charge in [-0.2, -0.15) is 5.26 Å². The summed E-state index contributed by atoms with van der Waals surface area (Å²) in [5, 5.41) is 9.53. The van der Waals surface area contributed by atoms with Crippen molar-refractivity contribution < 1.29 is 18.7 Å². The number of halogens is 2. The lowest BCUT2D eigenvalue weighted by Gasteiger charge is -2.39. The molecule has 0 N–H and O–H groups in total. The van der Waals surface area contributed by atoms with Crippen molar-refractivity contribution in [3.63, 3.8) is 0 Å². The predicted molar refractivity (Wildman–Crippen MR) is 100 cm³/mol. The second kappa shape index (κ2) is 9.01. The van der Waals surface area contributed by atoms with Crippen LogP contribution in [0.4, 0.5) is 4.39 Å². The van der Waals surface area contributed by atoms with Gasteiger partial charge in [-0.05, 0) is 43.5 Å². The summed E-state index contributed by atoms with van der Waals surface area (Å²) in [7, 11) is 1.58. The van der Waals surface area contributed by atoms with E-state index in [1.165, 1.54) is 36.1 Å². The minimum absolute atomic E-state index is 0.0510. The van der Waals surface area contributed by atoms with E-state index in [-0.39, 0.29) is 5.02 Å². The normalized spacial score (nSPS) is 17.1. The van der Waals surface area contributed by atoms with Crippen LogP contribution in [0, 0.1) is 17.1 Å². The Hall–Kier alpha value is -2.39. The lowest BCUT2D eigenvalue weighted by molar-refractivity contribution is -0.157. The molecule has 0 saturated heterocycles. The van der Waals surface area contributed by atoms with Gasteiger partial charge in [-0.25, -0.2) is 9.18 Å². The molecule has 1 aromatic carbocycles.